The van der Waals surface area contributed by atoms with Gasteiger partial charge in [-0.15, -0.1) is 0 Å². The zero-order valence-corrected chi connectivity index (χ0v) is 30.6. The van der Waals surface area contributed by atoms with Crippen LogP contribution in [-0.4, -0.2) is 96.0 Å². The van der Waals surface area contributed by atoms with E-state index in [0.717, 1.165) is 18.4 Å². The van der Waals surface area contributed by atoms with Gasteiger partial charge in [0.15, 0.2) is 0 Å². The number of nitrogens with one attached hydrogen (secondary N) is 4. The Kier molecular flexibility index (Phi) is 14.7. The zero-order chi connectivity index (χ0) is 37.7. The number of hydrogen-bond acceptors (Lipinski definition) is 8. The molecule has 4 rings (SSSR count). The standard InChI is InChI=1S/C39H57N7O6/c1-27(2)23-31(34(48)44-30(15-9-10-20-40)36(50)46-21-18-39(41,19-22-46)37(51)52)45-35(49)32(24-28-11-5-3-6-12-28)43-33(47)25-42-26-38(16-17-38)29-13-7-4-8-14-29/h3-8,11-14,27,30-32,42H,9-10,15-26,40-41H2,1-2H3,(H,43,47)(H,44,48)(H,45,49)(H,51,52)/t30?,31-,32?/m1/s1. The molecule has 3 atom stereocenters. The highest BCUT2D eigenvalue weighted by atomic mass is 16.4. The molecule has 0 aromatic heterocycles. The van der Waals surface area contributed by atoms with Gasteiger partial charge in [-0.3, -0.25) is 24.0 Å². The van der Waals surface area contributed by atoms with Gasteiger partial charge < -0.3 is 42.7 Å². The fraction of sp³-hybridized carbons (Fsp3) is 0.564. The normalized spacial score (nSPS) is 17.8. The molecule has 2 aromatic rings. The van der Waals surface area contributed by atoms with Gasteiger partial charge in [0.2, 0.25) is 23.6 Å². The van der Waals surface area contributed by atoms with Crippen molar-refractivity contribution in [2.24, 2.45) is 17.4 Å². The Hall–Kier alpha value is -4.33. The number of piperidine rings is 1. The predicted octanol–water partition coefficient (Wildman–Crippen LogP) is 1.58. The topological polar surface area (TPSA) is 209 Å². The zero-order valence-electron chi connectivity index (χ0n) is 30.6. The van der Waals surface area contributed by atoms with E-state index in [9.17, 15) is 29.1 Å². The van der Waals surface area contributed by atoms with Gasteiger partial charge >= 0.3 is 5.97 Å². The molecule has 284 valence electrons. The van der Waals surface area contributed by atoms with Crippen molar-refractivity contribution < 1.29 is 29.1 Å². The molecule has 2 unspecified atom stereocenters. The number of unbranched alkanes of at least 4 members (excludes halogenated alkanes) is 1. The Bertz CT molecular complexity index is 1490. The van der Waals surface area contributed by atoms with Crippen LogP contribution < -0.4 is 32.7 Å². The first-order chi connectivity index (χ1) is 24.9. The number of benzene rings is 2. The summed E-state index contributed by atoms with van der Waals surface area (Å²) >= 11 is 0. The molecule has 13 nitrogen and oxygen atoms in total. The Balaban J connectivity index is 1.42. The first-order valence-corrected chi connectivity index (χ1v) is 18.6. The maximum Gasteiger partial charge on any atom is 0.323 e. The van der Waals surface area contributed by atoms with Crippen molar-refractivity contribution in [3.8, 4) is 0 Å². The molecule has 0 radical (unpaired) electrons. The van der Waals surface area contributed by atoms with Gasteiger partial charge in [0.25, 0.3) is 0 Å². The van der Waals surface area contributed by atoms with Gasteiger partial charge in [-0.05, 0) is 75.0 Å². The van der Waals surface area contributed by atoms with Crippen LogP contribution in [0.2, 0.25) is 0 Å². The number of carbonyl (C=O) groups is 5. The summed E-state index contributed by atoms with van der Waals surface area (Å²) in [4.78, 5) is 67.9. The van der Waals surface area contributed by atoms with Crippen molar-refractivity contribution in [1.82, 2.24) is 26.2 Å². The minimum atomic E-state index is -1.40. The third-order valence-electron chi connectivity index (χ3n) is 10.2. The number of carboxylic acid groups (broad SMARTS) is 1. The molecule has 52 heavy (non-hydrogen) atoms. The molecule has 9 N–H and O–H groups in total. The molecule has 1 aliphatic carbocycles. The fourth-order valence-electron chi connectivity index (χ4n) is 6.79. The molecule has 0 bridgehead atoms. The van der Waals surface area contributed by atoms with Gasteiger partial charge in [-0.2, -0.15) is 0 Å². The van der Waals surface area contributed by atoms with Crippen LogP contribution in [0.1, 0.15) is 76.3 Å². The maximum atomic E-state index is 13.9. The third kappa shape index (κ3) is 11.6. The van der Waals surface area contributed by atoms with E-state index in [1.807, 2.05) is 62.4 Å². The second-order valence-electron chi connectivity index (χ2n) is 14.9. The number of carboxylic acids is 1. The lowest BCUT2D eigenvalue weighted by Crippen LogP contribution is -2.60. The van der Waals surface area contributed by atoms with Gasteiger partial charge in [0, 0.05) is 31.5 Å². The summed E-state index contributed by atoms with van der Waals surface area (Å²) < 4.78 is 0. The highest BCUT2D eigenvalue weighted by molar-refractivity contribution is 5.94. The molecule has 1 aliphatic heterocycles. The molecule has 0 spiro atoms. The Morgan fingerprint density at radius 3 is 1.98 bits per heavy atom. The van der Waals surface area contributed by atoms with Crippen molar-refractivity contribution in [1.29, 1.82) is 0 Å². The van der Waals surface area contributed by atoms with E-state index in [1.165, 1.54) is 5.56 Å². The monoisotopic (exact) mass is 719 g/mol. The number of carbonyl (C=O) groups excluding carboxylic acids is 4. The van der Waals surface area contributed by atoms with Crippen LogP contribution in [0.3, 0.4) is 0 Å². The highest BCUT2D eigenvalue weighted by Gasteiger charge is 2.44. The molecule has 2 fully saturated rings. The molecule has 1 heterocycles. The number of rotatable bonds is 20. The first-order valence-electron chi connectivity index (χ1n) is 18.6. The van der Waals surface area contributed by atoms with Crippen molar-refractivity contribution in [3.05, 3.63) is 71.8 Å². The summed E-state index contributed by atoms with van der Waals surface area (Å²) in [5, 5.41) is 21.5. The van der Waals surface area contributed by atoms with Crippen molar-refractivity contribution in [2.75, 3.05) is 32.7 Å². The molecular formula is C39H57N7O6. The van der Waals surface area contributed by atoms with Crippen LogP contribution in [0.5, 0.6) is 0 Å². The fourth-order valence-corrected chi connectivity index (χ4v) is 6.79. The second kappa shape index (κ2) is 19.0. The first kappa shape index (κ1) is 40.4. The van der Waals surface area contributed by atoms with Crippen molar-refractivity contribution in [3.63, 3.8) is 0 Å². The summed E-state index contributed by atoms with van der Waals surface area (Å²) in [5.41, 5.74) is 12.4. The molecule has 1 saturated carbocycles. The predicted molar refractivity (Wildman–Crippen MR) is 199 cm³/mol. The number of nitrogens with zero attached hydrogens (tertiary/aromatic N) is 1. The number of likely N-dealkylation sites (tertiary alicyclic amines) is 1. The van der Waals surface area contributed by atoms with E-state index >= 15 is 0 Å². The number of hydrogen-bond donors (Lipinski definition) is 7. The smallest absolute Gasteiger partial charge is 0.323 e. The highest BCUT2D eigenvalue weighted by Crippen LogP contribution is 2.47. The van der Waals surface area contributed by atoms with Gasteiger partial charge in [0.05, 0.1) is 6.54 Å². The summed E-state index contributed by atoms with van der Waals surface area (Å²) in [6, 6.07) is 16.8. The van der Waals surface area contributed by atoms with Crippen LogP contribution in [0, 0.1) is 5.92 Å². The van der Waals surface area contributed by atoms with E-state index in [1.54, 1.807) is 4.90 Å². The Morgan fingerprint density at radius 2 is 1.40 bits per heavy atom. The Morgan fingerprint density at radius 1 is 0.808 bits per heavy atom. The molecule has 1 saturated heterocycles. The van der Waals surface area contributed by atoms with E-state index in [2.05, 4.69) is 33.4 Å². The van der Waals surface area contributed by atoms with Crippen LogP contribution in [0.15, 0.2) is 60.7 Å². The number of nitrogens with two attached hydrogens (primary N) is 2. The average Bonchev–Trinajstić information content (AvgIpc) is 3.92. The summed E-state index contributed by atoms with van der Waals surface area (Å²) in [7, 11) is 0. The van der Waals surface area contributed by atoms with Crippen LogP contribution in [0.25, 0.3) is 0 Å². The van der Waals surface area contributed by atoms with E-state index in [-0.39, 0.29) is 62.0 Å². The number of amides is 4. The second-order valence-corrected chi connectivity index (χ2v) is 14.9. The minimum absolute atomic E-state index is 0.0176. The third-order valence-corrected chi connectivity index (χ3v) is 10.2. The van der Waals surface area contributed by atoms with Gasteiger partial charge in [-0.1, -0.05) is 74.5 Å². The summed E-state index contributed by atoms with van der Waals surface area (Å²) in [6.07, 6.45) is 4.37. The van der Waals surface area contributed by atoms with Crippen molar-refractivity contribution >= 4 is 29.6 Å². The van der Waals surface area contributed by atoms with Crippen molar-refractivity contribution in [2.45, 2.75) is 101 Å². The Labute approximate surface area is 307 Å². The van der Waals surface area contributed by atoms with Crippen LogP contribution in [-0.2, 0) is 35.8 Å². The average molecular weight is 720 g/mol. The lowest BCUT2D eigenvalue weighted by molar-refractivity contribution is -0.148. The largest absolute Gasteiger partial charge is 0.480 e. The van der Waals surface area contributed by atoms with E-state index in [0.29, 0.717) is 38.8 Å². The summed E-state index contributed by atoms with van der Waals surface area (Å²) in [6.45, 7) is 5.28. The van der Waals surface area contributed by atoms with Crippen LogP contribution >= 0.6 is 0 Å². The lowest BCUT2D eigenvalue weighted by Gasteiger charge is -2.38. The lowest BCUT2D eigenvalue weighted by atomic mass is 9.88. The molecular weight excluding hydrogens is 662 g/mol. The molecule has 13 heteroatoms. The summed E-state index contributed by atoms with van der Waals surface area (Å²) in [5.74, 6) is -2.76. The molecule has 2 aliphatic rings. The van der Waals surface area contributed by atoms with Gasteiger partial charge in [0.1, 0.15) is 23.7 Å². The van der Waals surface area contributed by atoms with Crippen LogP contribution in [0.4, 0.5) is 0 Å². The van der Waals surface area contributed by atoms with Gasteiger partial charge in [-0.25, -0.2) is 0 Å². The molecule has 2 aromatic carbocycles. The SMILES string of the molecule is CC(C)C[C@@H](NC(=O)C(Cc1ccccc1)NC(=O)CNCC1(c2ccccc2)CC1)C(=O)NC(CCCCN)C(=O)N1CCC(N)(C(=O)O)CC1. The maximum absolute atomic E-state index is 13.9. The quantitative estimate of drug-likeness (QED) is 0.0990. The van der Waals surface area contributed by atoms with E-state index < -0.39 is 41.4 Å². The number of aliphatic carboxylic acids is 1. The molecule has 4 amide bonds. The minimum Gasteiger partial charge on any atom is -0.480 e. The van der Waals surface area contributed by atoms with E-state index in [4.69, 9.17) is 11.5 Å².